The summed E-state index contributed by atoms with van der Waals surface area (Å²) in [5.41, 5.74) is 3.97. The third-order valence-electron chi connectivity index (χ3n) is 4.81. The maximum atomic E-state index is 12.0. The minimum atomic E-state index is 0.769. The highest BCUT2D eigenvalue weighted by Crippen LogP contribution is 2.35. The highest BCUT2D eigenvalue weighted by molar-refractivity contribution is 6.05. The fraction of sp³-hybridized carbons (Fsp3) is 0.190. The zero-order valence-electron chi connectivity index (χ0n) is 14.1. The highest BCUT2D eigenvalue weighted by atomic mass is 16.1. The predicted octanol–water partition coefficient (Wildman–Crippen LogP) is 3.50. The van der Waals surface area contributed by atoms with E-state index in [-0.39, 0.29) is 0 Å². The van der Waals surface area contributed by atoms with Gasteiger partial charge in [-0.25, -0.2) is 0 Å². The third kappa shape index (κ3) is 2.65. The van der Waals surface area contributed by atoms with Gasteiger partial charge >= 0.3 is 0 Å². The summed E-state index contributed by atoms with van der Waals surface area (Å²) in [6.45, 7) is 7.46. The largest absolute Gasteiger partial charge is 0.355 e. The Labute approximate surface area is 147 Å². The SMILES string of the molecule is C=Cc1ccc(-n2c(N3CCNCC3)c(C=O)c3ccccc32)cc1. The van der Waals surface area contributed by atoms with Crippen molar-refractivity contribution >= 4 is 29.1 Å². The van der Waals surface area contributed by atoms with Crippen LogP contribution >= 0.6 is 0 Å². The van der Waals surface area contributed by atoms with Gasteiger partial charge in [0, 0.05) is 37.3 Å². The van der Waals surface area contributed by atoms with Crippen molar-refractivity contribution in [2.75, 3.05) is 31.1 Å². The maximum absolute atomic E-state index is 12.0. The molecule has 3 aromatic rings. The van der Waals surface area contributed by atoms with E-state index in [9.17, 15) is 4.79 Å². The van der Waals surface area contributed by atoms with Crippen LogP contribution in [0.1, 0.15) is 15.9 Å². The van der Waals surface area contributed by atoms with Gasteiger partial charge in [0.1, 0.15) is 5.82 Å². The molecule has 4 nitrogen and oxygen atoms in total. The Kier molecular flexibility index (Phi) is 4.12. The summed E-state index contributed by atoms with van der Waals surface area (Å²) in [5, 5.41) is 4.38. The van der Waals surface area contributed by atoms with E-state index in [2.05, 4.69) is 51.7 Å². The smallest absolute Gasteiger partial charge is 0.154 e. The number of nitrogens with one attached hydrogen (secondary N) is 1. The van der Waals surface area contributed by atoms with Gasteiger partial charge in [0.05, 0.1) is 11.1 Å². The van der Waals surface area contributed by atoms with E-state index in [0.717, 1.165) is 66.0 Å². The molecular formula is C21H21N3O. The van der Waals surface area contributed by atoms with E-state index in [1.165, 1.54) is 0 Å². The first-order valence-corrected chi connectivity index (χ1v) is 8.60. The van der Waals surface area contributed by atoms with Crippen LogP contribution in [0.3, 0.4) is 0 Å². The summed E-state index contributed by atoms with van der Waals surface area (Å²) in [7, 11) is 0. The Morgan fingerprint density at radius 2 is 1.72 bits per heavy atom. The lowest BCUT2D eigenvalue weighted by atomic mass is 10.2. The molecule has 126 valence electrons. The van der Waals surface area contributed by atoms with Crippen molar-refractivity contribution in [2.45, 2.75) is 0 Å². The van der Waals surface area contributed by atoms with Crippen LogP contribution in [-0.2, 0) is 0 Å². The van der Waals surface area contributed by atoms with Crippen molar-refractivity contribution in [3.05, 3.63) is 66.2 Å². The molecule has 1 aliphatic rings. The molecule has 0 saturated carbocycles. The number of fused-ring (bicyclic) bond motifs is 1. The molecule has 4 heteroatoms. The van der Waals surface area contributed by atoms with Crippen molar-refractivity contribution in [2.24, 2.45) is 0 Å². The number of anilines is 1. The van der Waals surface area contributed by atoms with Crippen molar-refractivity contribution < 1.29 is 4.79 Å². The predicted molar refractivity (Wildman–Crippen MR) is 104 cm³/mol. The Bertz CT molecular complexity index is 918. The molecule has 1 N–H and O–H groups in total. The minimum absolute atomic E-state index is 0.769. The molecular weight excluding hydrogens is 310 g/mol. The van der Waals surface area contributed by atoms with Gasteiger partial charge in [-0.1, -0.05) is 43.0 Å². The molecule has 0 bridgehead atoms. The molecule has 0 spiro atoms. The van der Waals surface area contributed by atoms with Crippen LogP contribution in [0.5, 0.6) is 0 Å². The second kappa shape index (κ2) is 6.57. The Balaban J connectivity index is 1.99. The van der Waals surface area contributed by atoms with E-state index in [1.54, 1.807) is 0 Å². The summed E-state index contributed by atoms with van der Waals surface area (Å²) < 4.78 is 2.21. The van der Waals surface area contributed by atoms with E-state index < -0.39 is 0 Å². The molecule has 1 saturated heterocycles. The molecule has 0 atom stereocenters. The number of aromatic nitrogens is 1. The van der Waals surface area contributed by atoms with Gasteiger partial charge in [-0.3, -0.25) is 9.36 Å². The minimum Gasteiger partial charge on any atom is -0.355 e. The average Bonchev–Trinajstić information content (AvgIpc) is 3.03. The molecule has 1 fully saturated rings. The summed E-state index contributed by atoms with van der Waals surface area (Å²) in [5.74, 6) is 0.990. The number of piperazine rings is 1. The first-order valence-electron chi connectivity index (χ1n) is 8.60. The lowest BCUT2D eigenvalue weighted by Gasteiger charge is -2.31. The maximum Gasteiger partial charge on any atom is 0.154 e. The van der Waals surface area contributed by atoms with E-state index in [1.807, 2.05) is 24.3 Å². The van der Waals surface area contributed by atoms with Crippen LogP contribution in [-0.4, -0.2) is 37.0 Å². The van der Waals surface area contributed by atoms with Crippen LogP contribution < -0.4 is 10.2 Å². The van der Waals surface area contributed by atoms with E-state index in [4.69, 9.17) is 0 Å². The molecule has 25 heavy (non-hydrogen) atoms. The van der Waals surface area contributed by atoms with Crippen LogP contribution in [0, 0.1) is 0 Å². The molecule has 2 aromatic carbocycles. The molecule has 4 rings (SSSR count). The van der Waals surface area contributed by atoms with Crippen LogP contribution in [0.25, 0.3) is 22.7 Å². The number of hydrogen-bond acceptors (Lipinski definition) is 3. The molecule has 0 aliphatic carbocycles. The molecule has 1 aromatic heterocycles. The molecule has 0 unspecified atom stereocenters. The van der Waals surface area contributed by atoms with E-state index >= 15 is 0 Å². The highest BCUT2D eigenvalue weighted by Gasteiger charge is 2.23. The molecule has 0 amide bonds. The number of benzene rings is 2. The Morgan fingerprint density at radius 3 is 2.40 bits per heavy atom. The number of carbonyl (C=O) groups is 1. The quantitative estimate of drug-likeness (QED) is 0.744. The average molecular weight is 331 g/mol. The first-order chi connectivity index (χ1) is 12.3. The first kappa shape index (κ1) is 15.7. The molecule has 1 aliphatic heterocycles. The fourth-order valence-corrected chi connectivity index (χ4v) is 3.58. The summed E-state index contributed by atoms with van der Waals surface area (Å²) in [4.78, 5) is 14.3. The van der Waals surface area contributed by atoms with Crippen molar-refractivity contribution in [3.8, 4) is 5.69 Å². The number of carbonyl (C=O) groups excluding carboxylic acids is 1. The van der Waals surface area contributed by atoms with Crippen molar-refractivity contribution in [1.82, 2.24) is 9.88 Å². The fourth-order valence-electron chi connectivity index (χ4n) is 3.58. The molecule has 0 radical (unpaired) electrons. The van der Waals surface area contributed by atoms with Crippen LogP contribution in [0.2, 0.25) is 0 Å². The standard InChI is InChI=1S/C21H21N3O/c1-2-16-7-9-17(10-8-16)24-20-6-4-3-5-18(20)19(15-25)21(24)23-13-11-22-12-14-23/h2-10,15,22H,1,11-14H2. The van der Waals surface area contributed by atoms with Gasteiger partial charge in [0.25, 0.3) is 0 Å². The number of rotatable bonds is 4. The molecule has 2 heterocycles. The Morgan fingerprint density at radius 1 is 1.00 bits per heavy atom. The summed E-state index contributed by atoms with van der Waals surface area (Å²) in [6, 6.07) is 16.4. The van der Waals surface area contributed by atoms with Gasteiger partial charge in [0.2, 0.25) is 0 Å². The zero-order valence-corrected chi connectivity index (χ0v) is 14.1. The van der Waals surface area contributed by atoms with Gasteiger partial charge in [-0.05, 0) is 23.8 Å². The second-order valence-corrected chi connectivity index (χ2v) is 6.24. The lowest BCUT2D eigenvalue weighted by molar-refractivity contribution is 0.112. The number of para-hydroxylation sites is 1. The van der Waals surface area contributed by atoms with Gasteiger partial charge in [-0.2, -0.15) is 0 Å². The number of hydrogen-bond donors (Lipinski definition) is 1. The summed E-state index contributed by atoms with van der Waals surface area (Å²) in [6.07, 6.45) is 2.83. The number of nitrogens with zero attached hydrogens (tertiary/aromatic N) is 2. The van der Waals surface area contributed by atoms with Crippen molar-refractivity contribution in [3.63, 3.8) is 0 Å². The van der Waals surface area contributed by atoms with Crippen LogP contribution in [0.4, 0.5) is 5.82 Å². The second-order valence-electron chi connectivity index (χ2n) is 6.24. The van der Waals surface area contributed by atoms with Gasteiger partial charge in [-0.15, -0.1) is 0 Å². The van der Waals surface area contributed by atoms with Crippen molar-refractivity contribution in [1.29, 1.82) is 0 Å². The Hall–Kier alpha value is -2.85. The lowest BCUT2D eigenvalue weighted by Crippen LogP contribution is -2.44. The van der Waals surface area contributed by atoms with Gasteiger partial charge in [0.15, 0.2) is 6.29 Å². The van der Waals surface area contributed by atoms with Gasteiger partial charge < -0.3 is 10.2 Å². The van der Waals surface area contributed by atoms with Crippen LogP contribution in [0.15, 0.2) is 55.1 Å². The summed E-state index contributed by atoms with van der Waals surface area (Å²) >= 11 is 0. The zero-order chi connectivity index (χ0) is 17.2. The normalized spacial score (nSPS) is 14.6. The topological polar surface area (TPSA) is 37.3 Å². The third-order valence-corrected chi connectivity index (χ3v) is 4.81. The van der Waals surface area contributed by atoms with E-state index in [0.29, 0.717) is 0 Å². The number of aldehydes is 1. The monoisotopic (exact) mass is 331 g/mol.